The van der Waals surface area contributed by atoms with E-state index in [0.29, 0.717) is 11.1 Å². The van der Waals surface area contributed by atoms with Gasteiger partial charge in [0.25, 0.3) is 11.8 Å². The number of hydrogen-bond donors (Lipinski definition) is 0. The maximum atomic E-state index is 12.6. The van der Waals surface area contributed by atoms with Crippen molar-refractivity contribution in [3.05, 3.63) is 53.1 Å². The van der Waals surface area contributed by atoms with Gasteiger partial charge in [-0.25, -0.2) is 0 Å². The smallest absolute Gasteiger partial charge is 0.265 e. The van der Waals surface area contributed by atoms with Gasteiger partial charge in [-0.2, -0.15) is 0 Å². The third kappa shape index (κ3) is 1.31. The lowest BCUT2D eigenvalue weighted by atomic mass is 9.84. The fourth-order valence-corrected chi connectivity index (χ4v) is 3.20. The molecule has 0 spiro atoms. The van der Waals surface area contributed by atoms with Crippen LogP contribution in [0.3, 0.4) is 0 Å². The zero-order valence-corrected chi connectivity index (χ0v) is 11.3. The van der Waals surface area contributed by atoms with Gasteiger partial charge in [0.1, 0.15) is 5.57 Å². The van der Waals surface area contributed by atoms with Gasteiger partial charge < -0.3 is 0 Å². The minimum Gasteiger partial charge on any atom is -0.288 e. The SMILES string of the molecule is CCN1C(=O)C2=C(C1=O)c1cccc3cccc(c13)C2=O. The fourth-order valence-electron chi connectivity index (χ4n) is 3.20. The number of ketones is 1. The highest BCUT2D eigenvalue weighted by Crippen LogP contribution is 2.40. The summed E-state index contributed by atoms with van der Waals surface area (Å²) in [5.74, 6) is -1.19. The molecule has 0 atom stereocenters. The van der Waals surface area contributed by atoms with Gasteiger partial charge in [-0.3, -0.25) is 19.3 Å². The normalized spacial score (nSPS) is 17.0. The molecule has 2 amide bonds. The van der Waals surface area contributed by atoms with Crippen LogP contribution < -0.4 is 0 Å². The first-order valence-corrected chi connectivity index (χ1v) is 6.82. The summed E-state index contributed by atoms with van der Waals surface area (Å²) >= 11 is 0. The van der Waals surface area contributed by atoms with Crippen LogP contribution in [0.25, 0.3) is 16.3 Å². The van der Waals surface area contributed by atoms with Gasteiger partial charge in [0.2, 0.25) is 0 Å². The van der Waals surface area contributed by atoms with E-state index in [9.17, 15) is 14.4 Å². The van der Waals surface area contributed by atoms with Gasteiger partial charge in [0.05, 0.1) is 5.57 Å². The molecule has 0 bridgehead atoms. The van der Waals surface area contributed by atoms with E-state index in [2.05, 4.69) is 0 Å². The fraction of sp³-hybridized carbons (Fsp3) is 0.118. The summed E-state index contributed by atoms with van der Waals surface area (Å²) in [6, 6.07) is 11.0. The van der Waals surface area contributed by atoms with Crippen LogP contribution in [0.4, 0.5) is 0 Å². The van der Waals surface area contributed by atoms with E-state index in [4.69, 9.17) is 0 Å². The Morgan fingerprint density at radius 2 is 1.48 bits per heavy atom. The summed E-state index contributed by atoms with van der Waals surface area (Å²) in [6.07, 6.45) is 0. The number of likely N-dealkylation sites (N-methyl/N-ethyl adjacent to an activating group) is 1. The first kappa shape index (κ1) is 12.0. The average Bonchev–Trinajstić information content (AvgIpc) is 2.75. The lowest BCUT2D eigenvalue weighted by Gasteiger charge is -2.16. The molecular formula is C17H11NO3. The summed E-state index contributed by atoms with van der Waals surface area (Å²) in [6.45, 7) is 2.00. The van der Waals surface area contributed by atoms with Crippen molar-refractivity contribution in [1.82, 2.24) is 4.90 Å². The first-order valence-electron chi connectivity index (χ1n) is 6.82. The van der Waals surface area contributed by atoms with E-state index in [1.807, 2.05) is 18.2 Å². The first-order chi connectivity index (χ1) is 10.1. The number of hydrogen-bond acceptors (Lipinski definition) is 3. The van der Waals surface area contributed by atoms with Gasteiger partial charge in [-0.05, 0) is 17.9 Å². The van der Waals surface area contributed by atoms with Crippen LogP contribution >= 0.6 is 0 Å². The van der Waals surface area contributed by atoms with Crippen molar-refractivity contribution >= 4 is 33.9 Å². The Bertz CT molecular complexity index is 887. The number of benzene rings is 2. The molecule has 1 aliphatic heterocycles. The zero-order valence-electron chi connectivity index (χ0n) is 11.3. The number of rotatable bonds is 1. The molecule has 2 aromatic rings. The molecule has 0 unspecified atom stereocenters. The molecule has 0 saturated carbocycles. The Labute approximate surface area is 120 Å². The predicted molar refractivity (Wildman–Crippen MR) is 77.6 cm³/mol. The highest BCUT2D eigenvalue weighted by atomic mass is 16.2. The second-order valence-electron chi connectivity index (χ2n) is 5.14. The van der Waals surface area contributed by atoms with Crippen LogP contribution in [0, 0.1) is 0 Å². The standard InChI is InChI=1S/C17H11NO3/c1-2-18-16(20)13-10-7-3-5-9-6-4-8-11(12(9)10)15(19)14(13)17(18)21/h3-8H,2H2,1H3. The number of fused-ring (bicyclic) bond motifs is 1. The largest absolute Gasteiger partial charge is 0.288 e. The maximum Gasteiger partial charge on any atom is 0.265 e. The third-order valence-electron chi connectivity index (χ3n) is 4.13. The number of imide groups is 1. The number of carbonyl (C=O) groups excluding carboxylic acids is 3. The Morgan fingerprint density at radius 1 is 0.857 bits per heavy atom. The molecule has 0 fully saturated rings. The van der Waals surface area contributed by atoms with Crippen LogP contribution in [0.15, 0.2) is 42.0 Å². The second-order valence-corrected chi connectivity index (χ2v) is 5.14. The molecule has 4 rings (SSSR count). The van der Waals surface area contributed by atoms with Crippen molar-refractivity contribution in [3.63, 3.8) is 0 Å². The molecule has 0 radical (unpaired) electrons. The van der Waals surface area contributed by atoms with Gasteiger partial charge in [-0.15, -0.1) is 0 Å². The predicted octanol–water partition coefficient (Wildman–Crippen LogP) is 2.18. The van der Waals surface area contributed by atoms with Crippen LogP contribution in [-0.4, -0.2) is 29.0 Å². The summed E-state index contributed by atoms with van der Waals surface area (Å²) in [5.41, 5.74) is 1.47. The summed E-state index contributed by atoms with van der Waals surface area (Å²) in [5, 5.41) is 1.67. The van der Waals surface area contributed by atoms with E-state index < -0.39 is 5.91 Å². The van der Waals surface area contributed by atoms with E-state index in [1.165, 1.54) is 0 Å². The van der Waals surface area contributed by atoms with Gasteiger partial charge in [0, 0.05) is 17.5 Å². The third-order valence-corrected chi connectivity index (χ3v) is 4.13. The number of nitrogens with zero attached hydrogens (tertiary/aromatic N) is 1. The molecule has 1 heterocycles. The molecule has 4 nitrogen and oxygen atoms in total. The molecule has 2 aliphatic rings. The van der Waals surface area contributed by atoms with E-state index in [0.717, 1.165) is 15.7 Å². The van der Waals surface area contributed by atoms with Crippen LogP contribution in [0.1, 0.15) is 22.8 Å². The average molecular weight is 277 g/mol. The zero-order chi connectivity index (χ0) is 14.7. The van der Waals surface area contributed by atoms with Crippen molar-refractivity contribution in [1.29, 1.82) is 0 Å². The molecular weight excluding hydrogens is 266 g/mol. The van der Waals surface area contributed by atoms with E-state index in [1.54, 1.807) is 25.1 Å². The summed E-state index contributed by atoms with van der Waals surface area (Å²) in [4.78, 5) is 38.6. The Balaban J connectivity index is 2.14. The molecule has 0 saturated heterocycles. The quantitative estimate of drug-likeness (QED) is 0.593. The Morgan fingerprint density at radius 3 is 2.14 bits per heavy atom. The van der Waals surface area contributed by atoms with Crippen molar-refractivity contribution < 1.29 is 14.4 Å². The monoisotopic (exact) mass is 277 g/mol. The molecule has 102 valence electrons. The second kappa shape index (κ2) is 3.88. The lowest BCUT2D eigenvalue weighted by Crippen LogP contribution is -2.31. The highest BCUT2D eigenvalue weighted by molar-refractivity contribution is 6.50. The molecule has 4 heteroatoms. The number of carbonyl (C=O) groups is 3. The van der Waals surface area contributed by atoms with Gasteiger partial charge in [0.15, 0.2) is 5.78 Å². The number of amides is 2. The van der Waals surface area contributed by atoms with Crippen LogP contribution in [-0.2, 0) is 9.59 Å². The van der Waals surface area contributed by atoms with Crippen molar-refractivity contribution in [2.75, 3.05) is 6.54 Å². The highest BCUT2D eigenvalue weighted by Gasteiger charge is 2.44. The van der Waals surface area contributed by atoms with Gasteiger partial charge >= 0.3 is 0 Å². The van der Waals surface area contributed by atoms with Crippen molar-refractivity contribution in [2.45, 2.75) is 6.92 Å². The minimum atomic E-state index is -0.478. The van der Waals surface area contributed by atoms with Crippen molar-refractivity contribution in [3.8, 4) is 0 Å². The van der Waals surface area contributed by atoms with Crippen LogP contribution in [0.2, 0.25) is 0 Å². The molecule has 2 aromatic carbocycles. The Hall–Kier alpha value is -2.75. The van der Waals surface area contributed by atoms with E-state index in [-0.39, 0.29) is 29.4 Å². The number of Topliss-reactive ketones (excluding diaryl/α,β-unsaturated/α-hetero) is 1. The minimum absolute atomic E-state index is 0.0213. The molecule has 0 N–H and O–H groups in total. The van der Waals surface area contributed by atoms with Crippen LogP contribution in [0.5, 0.6) is 0 Å². The summed E-state index contributed by atoms with van der Waals surface area (Å²) < 4.78 is 0. The molecule has 1 aliphatic carbocycles. The topological polar surface area (TPSA) is 54.5 Å². The summed E-state index contributed by atoms with van der Waals surface area (Å²) in [7, 11) is 0. The van der Waals surface area contributed by atoms with Gasteiger partial charge in [-0.1, -0.05) is 36.4 Å². The maximum absolute atomic E-state index is 12.6. The van der Waals surface area contributed by atoms with E-state index >= 15 is 0 Å². The molecule has 21 heavy (non-hydrogen) atoms. The molecule has 0 aromatic heterocycles. The lowest BCUT2D eigenvalue weighted by molar-refractivity contribution is -0.136. The van der Waals surface area contributed by atoms with Crippen molar-refractivity contribution in [2.24, 2.45) is 0 Å². The Kier molecular flexibility index (Phi) is 2.22.